The third-order valence-electron chi connectivity index (χ3n) is 5.00. The number of piperidine rings is 1. The predicted molar refractivity (Wildman–Crippen MR) is 99.8 cm³/mol. The number of methoxy groups -OCH3 is 2. The van der Waals surface area contributed by atoms with Crippen LogP contribution < -0.4 is 9.47 Å². The summed E-state index contributed by atoms with van der Waals surface area (Å²) < 4.78 is 10.8. The van der Waals surface area contributed by atoms with E-state index in [9.17, 15) is 9.90 Å². The Hall–Kier alpha value is -2.53. The van der Waals surface area contributed by atoms with Gasteiger partial charge in [-0.25, -0.2) is 0 Å². The molecule has 3 rings (SSSR count). The van der Waals surface area contributed by atoms with Crippen LogP contribution in [-0.4, -0.2) is 42.8 Å². The van der Waals surface area contributed by atoms with Crippen LogP contribution in [0, 0.1) is 0 Å². The zero-order chi connectivity index (χ0) is 18.5. The minimum absolute atomic E-state index is 0.141. The normalized spacial score (nSPS) is 18.9. The first-order chi connectivity index (χ1) is 12.7. The van der Waals surface area contributed by atoms with Crippen molar-refractivity contribution < 1.29 is 19.4 Å². The molecule has 0 spiro atoms. The minimum Gasteiger partial charge on any atom is -0.493 e. The zero-order valence-electron chi connectivity index (χ0n) is 15.2. The third-order valence-corrected chi connectivity index (χ3v) is 5.00. The van der Waals surface area contributed by atoms with Crippen LogP contribution in [0.15, 0.2) is 48.5 Å². The quantitative estimate of drug-likeness (QED) is 0.855. The van der Waals surface area contributed by atoms with Crippen LogP contribution in [0.4, 0.5) is 0 Å². The SMILES string of the molecule is COc1ccc(C(c2ccccc2)N2CCCCC2C(=O)O)cc1OC. The summed E-state index contributed by atoms with van der Waals surface area (Å²) >= 11 is 0. The van der Waals surface area contributed by atoms with Crippen molar-refractivity contribution in [1.29, 1.82) is 0 Å². The molecular formula is C21H25NO4. The molecular weight excluding hydrogens is 330 g/mol. The number of likely N-dealkylation sites (tertiary alicyclic amines) is 1. The molecule has 2 aromatic rings. The van der Waals surface area contributed by atoms with Gasteiger partial charge in [0.1, 0.15) is 6.04 Å². The number of carbonyl (C=O) groups is 1. The minimum atomic E-state index is -0.758. The second-order valence-electron chi connectivity index (χ2n) is 6.52. The largest absolute Gasteiger partial charge is 0.493 e. The molecule has 0 radical (unpaired) electrons. The van der Waals surface area contributed by atoms with Gasteiger partial charge in [0.2, 0.25) is 0 Å². The molecule has 0 bridgehead atoms. The summed E-state index contributed by atoms with van der Waals surface area (Å²) in [6.45, 7) is 0.755. The van der Waals surface area contributed by atoms with Crippen LogP contribution in [0.25, 0.3) is 0 Å². The number of carboxylic acids is 1. The molecule has 1 aliphatic rings. The Labute approximate surface area is 154 Å². The summed E-state index contributed by atoms with van der Waals surface area (Å²) in [6.07, 6.45) is 2.62. The highest BCUT2D eigenvalue weighted by molar-refractivity contribution is 5.73. The molecule has 1 N–H and O–H groups in total. The summed E-state index contributed by atoms with van der Waals surface area (Å²) in [5, 5.41) is 9.75. The maximum Gasteiger partial charge on any atom is 0.320 e. The highest BCUT2D eigenvalue weighted by atomic mass is 16.5. The Morgan fingerprint density at radius 1 is 1.04 bits per heavy atom. The number of carboxylic acid groups (broad SMARTS) is 1. The van der Waals surface area contributed by atoms with Crippen molar-refractivity contribution >= 4 is 5.97 Å². The van der Waals surface area contributed by atoms with E-state index < -0.39 is 12.0 Å². The van der Waals surface area contributed by atoms with Crippen LogP contribution in [-0.2, 0) is 4.79 Å². The first kappa shape index (κ1) is 18.3. The van der Waals surface area contributed by atoms with E-state index in [-0.39, 0.29) is 6.04 Å². The van der Waals surface area contributed by atoms with Gasteiger partial charge in [0.05, 0.1) is 20.3 Å². The molecule has 1 fully saturated rings. The van der Waals surface area contributed by atoms with Crippen LogP contribution in [0.1, 0.15) is 36.4 Å². The molecule has 138 valence electrons. The molecule has 2 aromatic carbocycles. The van der Waals surface area contributed by atoms with Crippen molar-refractivity contribution in [2.75, 3.05) is 20.8 Å². The molecule has 26 heavy (non-hydrogen) atoms. The molecule has 1 saturated heterocycles. The summed E-state index contributed by atoms with van der Waals surface area (Å²) in [7, 11) is 3.22. The van der Waals surface area contributed by atoms with Gasteiger partial charge in [-0.3, -0.25) is 9.69 Å². The number of hydrogen-bond donors (Lipinski definition) is 1. The predicted octanol–water partition coefficient (Wildman–Crippen LogP) is 3.73. The average Bonchev–Trinajstić information content (AvgIpc) is 2.69. The van der Waals surface area contributed by atoms with Gasteiger partial charge in [-0.15, -0.1) is 0 Å². The second kappa shape index (κ2) is 8.23. The van der Waals surface area contributed by atoms with Crippen molar-refractivity contribution in [3.8, 4) is 11.5 Å². The van der Waals surface area contributed by atoms with Gasteiger partial charge >= 0.3 is 5.97 Å². The molecule has 5 heteroatoms. The molecule has 0 saturated carbocycles. The summed E-state index contributed by atoms with van der Waals surface area (Å²) in [6, 6.07) is 15.2. The van der Waals surface area contributed by atoms with Crippen LogP contribution in [0.2, 0.25) is 0 Å². The Balaban J connectivity index is 2.08. The third kappa shape index (κ3) is 3.68. The van der Waals surface area contributed by atoms with E-state index in [2.05, 4.69) is 17.0 Å². The molecule has 0 amide bonds. The lowest BCUT2D eigenvalue weighted by atomic mass is 9.91. The molecule has 5 nitrogen and oxygen atoms in total. The van der Waals surface area contributed by atoms with Crippen molar-refractivity contribution in [1.82, 2.24) is 4.90 Å². The van der Waals surface area contributed by atoms with Crippen LogP contribution in [0.3, 0.4) is 0 Å². The van der Waals surface area contributed by atoms with E-state index in [0.717, 1.165) is 30.5 Å². The highest BCUT2D eigenvalue weighted by Crippen LogP contribution is 2.38. The van der Waals surface area contributed by atoms with Gasteiger partial charge in [-0.05, 0) is 42.6 Å². The molecule has 2 atom stereocenters. The fraction of sp³-hybridized carbons (Fsp3) is 0.381. The number of ether oxygens (including phenoxy) is 2. The van der Waals surface area contributed by atoms with E-state index >= 15 is 0 Å². The van der Waals surface area contributed by atoms with Crippen molar-refractivity contribution in [2.24, 2.45) is 0 Å². The van der Waals surface area contributed by atoms with Crippen LogP contribution >= 0.6 is 0 Å². The maximum absolute atomic E-state index is 11.9. The van der Waals surface area contributed by atoms with Crippen molar-refractivity contribution in [2.45, 2.75) is 31.3 Å². The van der Waals surface area contributed by atoms with Gasteiger partial charge in [-0.2, -0.15) is 0 Å². The second-order valence-corrected chi connectivity index (χ2v) is 6.52. The van der Waals surface area contributed by atoms with E-state index in [0.29, 0.717) is 17.9 Å². The van der Waals surface area contributed by atoms with Gasteiger partial charge in [0, 0.05) is 0 Å². The molecule has 0 aromatic heterocycles. The fourth-order valence-corrected chi connectivity index (χ4v) is 3.76. The smallest absolute Gasteiger partial charge is 0.320 e. The lowest BCUT2D eigenvalue weighted by Crippen LogP contribution is -2.46. The first-order valence-electron chi connectivity index (χ1n) is 8.91. The molecule has 1 aliphatic heterocycles. The number of nitrogens with zero attached hydrogens (tertiary/aromatic N) is 1. The van der Waals surface area contributed by atoms with E-state index in [1.54, 1.807) is 14.2 Å². The van der Waals surface area contributed by atoms with Gasteiger partial charge in [-0.1, -0.05) is 42.8 Å². The Bertz CT molecular complexity index is 747. The molecule has 0 aliphatic carbocycles. The summed E-state index contributed by atoms with van der Waals surface area (Å²) in [5.41, 5.74) is 2.08. The molecule has 2 unspecified atom stereocenters. The number of rotatable bonds is 6. The monoisotopic (exact) mass is 355 g/mol. The van der Waals surface area contributed by atoms with Gasteiger partial charge < -0.3 is 14.6 Å². The zero-order valence-corrected chi connectivity index (χ0v) is 15.2. The number of aliphatic carboxylic acids is 1. The van der Waals surface area contributed by atoms with E-state index in [4.69, 9.17) is 9.47 Å². The van der Waals surface area contributed by atoms with Gasteiger partial charge in [0.25, 0.3) is 0 Å². The topological polar surface area (TPSA) is 59.0 Å². The Kier molecular flexibility index (Phi) is 5.78. The summed E-state index contributed by atoms with van der Waals surface area (Å²) in [5.74, 6) is 0.553. The lowest BCUT2D eigenvalue weighted by molar-refractivity contribution is -0.145. The lowest BCUT2D eigenvalue weighted by Gasteiger charge is -2.39. The standard InChI is InChI=1S/C21H25NO4/c1-25-18-12-11-16(14-19(18)26-2)20(15-8-4-3-5-9-15)22-13-7-6-10-17(22)21(23)24/h3-5,8-9,11-12,14,17,20H,6-7,10,13H2,1-2H3,(H,23,24). The highest BCUT2D eigenvalue weighted by Gasteiger charge is 2.35. The van der Waals surface area contributed by atoms with E-state index in [1.165, 1.54) is 0 Å². The maximum atomic E-state index is 11.9. The first-order valence-corrected chi connectivity index (χ1v) is 8.91. The molecule has 1 heterocycles. The summed E-state index contributed by atoms with van der Waals surface area (Å²) in [4.78, 5) is 14.0. The number of benzene rings is 2. The Morgan fingerprint density at radius 3 is 2.42 bits per heavy atom. The van der Waals surface area contributed by atoms with E-state index in [1.807, 2.05) is 36.4 Å². The van der Waals surface area contributed by atoms with Crippen LogP contribution in [0.5, 0.6) is 11.5 Å². The Morgan fingerprint density at radius 2 is 1.77 bits per heavy atom. The van der Waals surface area contributed by atoms with Crippen molar-refractivity contribution in [3.63, 3.8) is 0 Å². The van der Waals surface area contributed by atoms with Gasteiger partial charge in [0.15, 0.2) is 11.5 Å². The average molecular weight is 355 g/mol. The fourth-order valence-electron chi connectivity index (χ4n) is 3.76. The number of hydrogen-bond acceptors (Lipinski definition) is 4. The van der Waals surface area contributed by atoms with Crippen molar-refractivity contribution in [3.05, 3.63) is 59.7 Å².